The number of benzene rings is 3. The van der Waals surface area contributed by atoms with Crippen molar-refractivity contribution in [1.82, 2.24) is 10.3 Å². The Morgan fingerprint density at radius 3 is 2.59 bits per heavy atom. The largest absolute Gasteiger partial charge is 0.497 e. The number of nitrogens with zero attached hydrogens (tertiary/aromatic N) is 1. The molecule has 7 heteroatoms. The highest BCUT2D eigenvalue weighted by Gasteiger charge is 2.12. The van der Waals surface area contributed by atoms with Gasteiger partial charge in [0.2, 0.25) is 0 Å². The lowest BCUT2D eigenvalue weighted by Crippen LogP contribution is -2.34. The number of ether oxygens (including phenoxy) is 1. The van der Waals surface area contributed by atoms with E-state index in [0.717, 1.165) is 27.8 Å². The third-order valence-electron chi connectivity index (χ3n) is 4.37. The second-order valence-electron chi connectivity index (χ2n) is 6.20. The van der Waals surface area contributed by atoms with Crippen LogP contribution in [0.15, 0.2) is 72.1 Å². The lowest BCUT2D eigenvalue weighted by Gasteiger charge is -2.09. The minimum absolute atomic E-state index is 0.207. The zero-order valence-corrected chi connectivity index (χ0v) is 17.1. The number of aromatic nitrogens is 1. The highest BCUT2D eigenvalue weighted by atomic mass is 32.1. The van der Waals surface area contributed by atoms with Crippen LogP contribution in [0.25, 0.3) is 22.0 Å². The fourth-order valence-electron chi connectivity index (χ4n) is 2.95. The van der Waals surface area contributed by atoms with Crippen LogP contribution in [0.4, 0.5) is 5.13 Å². The minimum atomic E-state index is -0.258. The molecule has 0 aliphatic heterocycles. The van der Waals surface area contributed by atoms with E-state index in [1.807, 2.05) is 66.0 Å². The zero-order chi connectivity index (χ0) is 20.2. The number of carbonyl (C=O) groups excluding carboxylic acids is 1. The van der Waals surface area contributed by atoms with Gasteiger partial charge in [-0.3, -0.25) is 10.1 Å². The Morgan fingerprint density at radius 2 is 1.79 bits per heavy atom. The monoisotopic (exact) mass is 419 g/mol. The van der Waals surface area contributed by atoms with Crippen LogP contribution in [-0.2, 0) is 0 Å². The fourth-order valence-corrected chi connectivity index (χ4v) is 3.93. The molecule has 1 heterocycles. The van der Waals surface area contributed by atoms with Crippen molar-refractivity contribution in [3.8, 4) is 17.0 Å². The molecular formula is C22H17N3O2S2. The minimum Gasteiger partial charge on any atom is -0.497 e. The Labute approximate surface area is 177 Å². The summed E-state index contributed by atoms with van der Waals surface area (Å²) < 4.78 is 5.18. The number of thiocarbonyl (C=S) groups is 1. The second kappa shape index (κ2) is 8.38. The Bertz CT molecular complexity index is 1180. The van der Waals surface area contributed by atoms with E-state index in [0.29, 0.717) is 10.7 Å². The maximum Gasteiger partial charge on any atom is 0.258 e. The van der Waals surface area contributed by atoms with Crippen LogP contribution in [0.5, 0.6) is 5.75 Å². The van der Waals surface area contributed by atoms with Crippen LogP contribution in [0.2, 0.25) is 0 Å². The van der Waals surface area contributed by atoms with Crippen molar-refractivity contribution in [3.05, 3.63) is 77.7 Å². The molecule has 29 heavy (non-hydrogen) atoms. The normalized spacial score (nSPS) is 10.5. The van der Waals surface area contributed by atoms with E-state index in [4.69, 9.17) is 17.0 Å². The van der Waals surface area contributed by atoms with Crippen molar-refractivity contribution < 1.29 is 9.53 Å². The third-order valence-corrected chi connectivity index (χ3v) is 5.33. The van der Waals surface area contributed by atoms with Gasteiger partial charge in [-0.2, -0.15) is 0 Å². The van der Waals surface area contributed by atoms with Crippen LogP contribution >= 0.6 is 23.6 Å². The molecule has 3 aromatic carbocycles. The number of thiazole rings is 1. The van der Waals surface area contributed by atoms with Gasteiger partial charge in [0.25, 0.3) is 5.91 Å². The SMILES string of the molecule is COc1ccc(-c2csc(NC(=S)NC(=O)c3cccc4ccccc34)n2)cc1. The van der Waals surface area contributed by atoms with Gasteiger partial charge < -0.3 is 10.1 Å². The number of methoxy groups -OCH3 is 1. The Kier molecular flexibility index (Phi) is 5.50. The molecule has 1 amide bonds. The van der Waals surface area contributed by atoms with Crippen molar-refractivity contribution >= 4 is 50.5 Å². The van der Waals surface area contributed by atoms with Crippen LogP contribution in [-0.4, -0.2) is 23.1 Å². The molecule has 144 valence electrons. The standard InChI is InChI=1S/C22H17N3O2S2/c1-27-16-11-9-15(10-12-16)19-13-29-22(23-19)25-21(28)24-20(26)18-8-4-6-14-5-2-3-7-17(14)18/h2-13H,1H3,(H2,23,24,25,26,28). The number of amides is 1. The van der Waals surface area contributed by atoms with E-state index in [1.165, 1.54) is 11.3 Å². The summed E-state index contributed by atoms with van der Waals surface area (Å²) in [5.41, 5.74) is 2.37. The molecule has 0 saturated heterocycles. The molecule has 0 saturated carbocycles. The van der Waals surface area contributed by atoms with Crippen LogP contribution in [0, 0.1) is 0 Å². The van der Waals surface area contributed by atoms with Crippen molar-refractivity contribution in [2.75, 3.05) is 12.4 Å². The number of hydrogen-bond donors (Lipinski definition) is 2. The van der Waals surface area contributed by atoms with Gasteiger partial charge in [-0.15, -0.1) is 11.3 Å². The van der Waals surface area contributed by atoms with E-state index in [9.17, 15) is 4.79 Å². The van der Waals surface area contributed by atoms with Gasteiger partial charge in [0.05, 0.1) is 12.8 Å². The first-order valence-corrected chi connectivity index (χ1v) is 10.1. The molecule has 4 aromatic rings. The summed E-state index contributed by atoms with van der Waals surface area (Å²) >= 11 is 6.72. The summed E-state index contributed by atoms with van der Waals surface area (Å²) in [5.74, 6) is 0.533. The second-order valence-corrected chi connectivity index (χ2v) is 7.47. The Morgan fingerprint density at radius 1 is 1.03 bits per heavy atom. The van der Waals surface area contributed by atoms with Gasteiger partial charge in [0.15, 0.2) is 10.2 Å². The molecule has 0 aliphatic rings. The van der Waals surface area contributed by atoms with Gasteiger partial charge in [-0.1, -0.05) is 36.4 Å². The van der Waals surface area contributed by atoms with E-state index in [1.54, 1.807) is 13.2 Å². The number of carbonyl (C=O) groups is 1. The zero-order valence-electron chi connectivity index (χ0n) is 15.5. The predicted octanol–water partition coefficient (Wildman–Crippen LogP) is 5.10. The number of rotatable bonds is 4. The van der Waals surface area contributed by atoms with Gasteiger partial charge in [0.1, 0.15) is 5.75 Å². The molecular weight excluding hydrogens is 402 g/mol. The summed E-state index contributed by atoms with van der Waals surface area (Å²) in [6, 6.07) is 21.0. The summed E-state index contributed by atoms with van der Waals surface area (Å²) in [7, 11) is 1.63. The van der Waals surface area contributed by atoms with Gasteiger partial charge >= 0.3 is 0 Å². The lowest BCUT2D eigenvalue weighted by atomic mass is 10.0. The molecule has 0 spiro atoms. The quantitative estimate of drug-likeness (QED) is 0.451. The maximum atomic E-state index is 12.7. The highest BCUT2D eigenvalue weighted by molar-refractivity contribution is 7.80. The molecule has 5 nitrogen and oxygen atoms in total. The number of hydrogen-bond acceptors (Lipinski definition) is 5. The van der Waals surface area contributed by atoms with E-state index in [2.05, 4.69) is 15.6 Å². The molecule has 4 rings (SSSR count). The van der Waals surface area contributed by atoms with E-state index < -0.39 is 0 Å². The molecule has 0 fully saturated rings. The predicted molar refractivity (Wildman–Crippen MR) is 122 cm³/mol. The molecule has 0 bridgehead atoms. The van der Waals surface area contributed by atoms with Crippen LogP contribution in [0.1, 0.15) is 10.4 Å². The fraction of sp³-hybridized carbons (Fsp3) is 0.0455. The first kappa shape index (κ1) is 19.0. The van der Waals surface area contributed by atoms with Crippen molar-refractivity contribution in [1.29, 1.82) is 0 Å². The average Bonchev–Trinajstić information content (AvgIpc) is 3.21. The van der Waals surface area contributed by atoms with Crippen molar-refractivity contribution in [2.45, 2.75) is 0 Å². The molecule has 0 atom stereocenters. The first-order valence-electron chi connectivity index (χ1n) is 8.84. The number of anilines is 1. The number of nitrogens with one attached hydrogen (secondary N) is 2. The molecule has 0 aliphatic carbocycles. The van der Waals surface area contributed by atoms with E-state index in [-0.39, 0.29) is 11.0 Å². The van der Waals surface area contributed by atoms with Crippen LogP contribution in [0.3, 0.4) is 0 Å². The van der Waals surface area contributed by atoms with Crippen molar-refractivity contribution in [3.63, 3.8) is 0 Å². The maximum absolute atomic E-state index is 12.7. The lowest BCUT2D eigenvalue weighted by molar-refractivity contribution is 0.0979. The summed E-state index contributed by atoms with van der Waals surface area (Å²) in [6.45, 7) is 0. The first-order chi connectivity index (χ1) is 14.1. The van der Waals surface area contributed by atoms with Crippen molar-refractivity contribution in [2.24, 2.45) is 0 Å². The van der Waals surface area contributed by atoms with Gasteiger partial charge in [0, 0.05) is 16.5 Å². The molecule has 1 aromatic heterocycles. The highest BCUT2D eigenvalue weighted by Crippen LogP contribution is 2.26. The summed E-state index contributed by atoms with van der Waals surface area (Å²) in [5, 5.41) is 10.3. The Balaban J connectivity index is 1.44. The van der Waals surface area contributed by atoms with Crippen LogP contribution < -0.4 is 15.4 Å². The summed E-state index contributed by atoms with van der Waals surface area (Å²) in [4.78, 5) is 17.2. The van der Waals surface area contributed by atoms with E-state index >= 15 is 0 Å². The number of fused-ring (bicyclic) bond motifs is 1. The molecule has 0 radical (unpaired) electrons. The van der Waals surface area contributed by atoms with Gasteiger partial charge in [-0.25, -0.2) is 4.98 Å². The summed E-state index contributed by atoms with van der Waals surface area (Å²) in [6.07, 6.45) is 0. The third kappa shape index (κ3) is 4.26. The Hall–Kier alpha value is -3.29. The molecule has 2 N–H and O–H groups in total. The van der Waals surface area contributed by atoms with Gasteiger partial charge in [-0.05, 0) is 53.3 Å². The average molecular weight is 420 g/mol. The molecule has 0 unspecified atom stereocenters. The topological polar surface area (TPSA) is 63.2 Å². The smallest absolute Gasteiger partial charge is 0.258 e.